The molecular formula is C15H20F2O3. The van der Waals surface area contributed by atoms with Crippen molar-refractivity contribution in [1.82, 2.24) is 0 Å². The summed E-state index contributed by atoms with van der Waals surface area (Å²) in [4.78, 5) is 11.6. The molecule has 0 spiro atoms. The van der Waals surface area contributed by atoms with Gasteiger partial charge in [0.05, 0.1) is 6.26 Å². The summed E-state index contributed by atoms with van der Waals surface area (Å²) in [5.74, 6) is -4.05. The maximum absolute atomic E-state index is 13.1. The quantitative estimate of drug-likeness (QED) is 0.586. The van der Waals surface area contributed by atoms with E-state index in [4.69, 9.17) is 9.47 Å². The molecule has 4 rings (SSSR count). The SMILES string of the molecule is C=COC12CC3CC(C1)CC(OC(=O)C(C)(F)F)(C3)C2. The number of ether oxygens (including phenoxy) is 2. The first-order valence-corrected chi connectivity index (χ1v) is 7.16. The predicted octanol–water partition coefficient (Wildman–Crippen LogP) is 3.44. The molecule has 4 aliphatic carbocycles. The highest BCUT2D eigenvalue weighted by Crippen LogP contribution is 2.60. The molecule has 0 aliphatic heterocycles. The summed E-state index contributed by atoms with van der Waals surface area (Å²) in [7, 11) is 0. The summed E-state index contributed by atoms with van der Waals surface area (Å²) < 4.78 is 37.2. The van der Waals surface area contributed by atoms with Crippen LogP contribution in [0.2, 0.25) is 0 Å². The smallest absolute Gasteiger partial charge is 0.377 e. The third-order valence-corrected chi connectivity index (χ3v) is 4.95. The minimum absolute atomic E-state index is 0.366. The van der Waals surface area contributed by atoms with Crippen molar-refractivity contribution in [1.29, 1.82) is 0 Å². The van der Waals surface area contributed by atoms with Crippen LogP contribution < -0.4 is 0 Å². The molecule has 112 valence electrons. The number of carbonyl (C=O) groups excluding carboxylic acids is 1. The van der Waals surface area contributed by atoms with Crippen molar-refractivity contribution >= 4 is 5.97 Å². The molecule has 3 nitrogen and oxygen atoms in total. The van der Waals surface area contributed by atoms with Gasteiger partial charge in [0, 0.05) is 13.3 Å². The molecule has 0 aromatic heterocycles. The van der Waals surface area contributed by atoms with Crippen LogP contribution in [0.3, 0.4) is 0 Å². The fraction of sp³-hybridized carbons (Fsp3) is 0.800. The molecule has 0 radical (unpaired) electrons. The second-order valence-electron chi connectivity index (χ2n) is 6.89. The summed E-state index contributed by atoms with van der Waals surface area (Å²) >= 11 is 0. The lowest BCUT2D eigenvalue weighted by molar-refractivity contribution is -0.233. The van der Waals surface area contributed by atoms with Crippen molar-refractivity contribution in [3.05, 3.63) is 12.8 Å². The van der Waals surface area contributed by atoms with E-state index in [1.165, 1.54) is 6.26 Å². The molecule has 0 heterocycles. The lowest BCUT2D eigenvalue weighted by Gasteiger charge is -2.60. The van der Waals surface area contributed by atoms with Crippen molar-refractivity contribution in [3.63, 3.8) is 0 Å². The highest BCUT2D eigenvalue weighted by Gasteiger charge is 2.61. The van der Waals surface area contributed by atoms with Crippen molar-refractivity contribution < 1.29 is 23.0 Å². The van der Waals surface area contributed by atoms with E-state index in [2.05, 4.69) is 6.58 Å². The second kappa shape index (κ2) is 4.18. The van der Waals surface area contributed by atoms with Crippen LogP contribution in [0.5, 0.6) is 0 Å². The largest absolute Gasteiger partial charge is 0.495 e. The number of hydrogen-bond acceptors (Lipinski definition) is 3. The van der Waals surface area contributed by atoms with Gasteiger partial charge in [-0.05, 0) is 43.9 Å². The Morgan fingerprint density at radius 1 is 1.25 bits per heavy atom. The van der Waals surface area contributed by atoms with Gasteiger partial charge in [0.25, 0.3) is 0 Å². The maximum atomic E-state index is 13.1. The van der Waals surface area contributed by atoms with E-state index in [-0.39, 0.29) is 5.60 Å². The van der Waals surface area contributed by atoms with Gasteiger partial charge in [0.1, 0.15) is 11.2 Å². The fourth-order valence-electron chi connectivity index (χ4n) is 4.82. The van der Waals surface area contributed by atoms with Crippen LogP contribution in [0.4, 0.5) is 8.78 Å². The average Bonchev–Trinajstić information content (AvgIpc) is 2.24. The van der Waals surface area contributed by atoms with E-state index in [9.17, 15) is 13.6 Å². The Kier molecular flexibility index (Phi) is 2.89. The first-order chi connectivity index (χ1) is 9.26. The molecule has 4 saturated carbocycles. The number of alkyl halides is 2. The molecule has 2 unspecified atom stereocenters. The molecule has 0 aromatic carbocycles. The Morgan fingerprint density at radius 2 is 1.80 bits per heavy atom. The number of esters is 1. The van der Waals surface area contributed by atoms with Crippen LogP contribution in [-0.4, -0.2) is 23.1 Å². The minimum Gasteiger partial charge on any atom is -0.495 e. The lowest BCUT2D eigenvalue weighted by atomic mass is 9.52. The van der Waals surface area contributed by atoms with Gasteiger partial charge in [-0.3, -0.25) is 0 Å². The highest BCUT2D eigenvalue weighted by atomic mass is 19.3. The van der Waals surface area contributed by atoms with Gasteiger partial charge in [0.2, 0.25) is 0 Å². The van der Waals surface area contributed by atoms with Gasteiger partial charge in [-0.15, -0.1) is 0 Å². The van der Waals surface area contributed by atoms with Crippen LogP contribution in [0.15, 0.2) is 12.8 Å². The van der Waals surface area contributed by atoms with Gasteiger partial charge < -0.3 is 9.47 Å². The predicted molar refractivity (Wildman–Crippen MR) is 68.1 cm³/mol. The normalized spacial score (nSPS) is 42.4. The molecule has 0 amide bonds. The first kappa shape index (κ1) is 13.8. The molecule has 20 heavy (non-hydrogen) atoms. The zero-order chi connectivity index (χ0) is 14.6. The van der Waals surface area contributed by atoms with E-state index in [0.29, 0.717) is 38.0 Å². The Labute approximate surface area is 117 Å². The van der Waals surface area contributed by atoms with Crippen molar-refractivity contribution in [2.75, 3.05) is 0 Å². The van der Waals surface area contributed by atoms with E-state index in [1.807, 2.05) is 0 Å². The number of carbonyl (C=O) groups is 1. The zero-order valence-corrected chi connectivity index (χ0v) is 11.7. The van der Waals surface area contributed by atoms with Crippen molar-refractivity contribution in [2.24, 2.45) is 11.8 Å². The third kappa shape index (κ3) is 2.21. The lowest BCUT2D eigenvalue weighted by Crippen LogP contribution is -2.61. The molecule has 4 fully saturated rings. The van der Waals surface area contributed by atoms with Crippen LogP contribution in [0, 0.1) is 11.8 Å². The highest BCUT2D eigenvalue weighted by molar-refractivity contribution is 5.77. The topological polar surface area (TPSA) is 35.5 Å². The van der Waals surface area contributed by atoms with Gasteiger partial charge in [-0.25, -0.2) is 4.79 Å². The maximum Gasteiger partial charge on any atom is 0.377 e. The summed E-state index contributed by atoms with van der Waals surface area (Å²) in [5.41, 5.74) is -1.13. The summed E-state index contributed by atoms with van der Waals surface area (Å²) in [5, 5.41) is 0. The summed E-state index contributed by atoms with van der Waals surface area (Å²) in [6.45, 7) is 4.20. The molecule has 4 aliphatic rings. The molecule has 0 aromatic rings. The Bertz CT molecular complexity index is 427. The molecule has 0 saturated heterocycles. The van der Waals surface area contributed by atoms with E-state index >= 15 is 0 Å². The van der Waals surface area contributed by atoms with Gasteiger partial charge in [0.15, 0.2) is 0 Å². The minimum atomic E-state index is -3.43. The molecule has 0 N–H and O–H groups in total. The van der Waals surface area contributed by atoms with Gasteiger partial charge in [-0.1, -0.05) is 6.58 Å². The Balaban J connectivity index is 1.83. The fourth-order valence-corrected chi connectivity index (χ4v) is 4.82. The molecule has 2 atom stereocenters. The van der Waals surface area contributed by atoms with Gasteiger partial charge in [-0.2, -0.15) is 8.78 Å². The average molecular weight is 286 g/mol. The summed E-state index contributed by atoms with van der Waals surface area (Å²) in [6, 6.07) is 0. The molecular weight excluding hydrogens is 266 g/mol. The van der Waals surface area contributed by atoms with E-state index < -0.39 is 17.5 Å². The zero-order valence-electron chi connectivity index (χ0n) is 11.7. The number of rotatable bonds is 4. The summed E-state index contributed by atoms with van der Waals surface area (Å²) in [6.07, 6.45) is 6.23. The van der Waals surface area contributed by atoms with Gasteiger partial charge >= 0.3 is 11.9 Å². The number of hydrogen-bond donors (Lipinski definition) is 0. The second-order valence-corrected chi connectivity index (χ2v) is 6.89. The van der Waals surface area contributed by atoms with Crippen LogP contribution in [0.25, 0.3) is 0 Å². The molecule has 5 heteroatoms. The third-order valence-electron chi connectivity index (χ3n) is 4.95. The van der Waals surface area contributed by atoms with E-state index in [1.54, 1.807) is 0 Å². The van der Waals surface area contributed by atoms with Crippen molar-refractivity contribution in [3.8, 4) is 0 Å². The van der Waals surface area contributed by atoms with Crippen LogP contribution in [-0.2, 0) is 14.3 Å². The Hall–Kier alpha value is -1.13. The monoisotopic (exact) mass is 286 g/mol. The first-order valence-electron chi connectivity index (χ1n) is 7.16. The van der Waals surface area contributed by atoms with E-state index in [0.717, 1.165) is 19.3 Å². The van der Waals surface area contributed by atoms with Crippen LogP contribution in [0.1, 0.15) is 45.4 Å². The van der Waals surface area contributed by atoms with Crippen molar-refractivity contribution in [2.45, 2.75) is 62.6 Å². The molecule has 4 bridgehead atoms. The Morgan fingerprint density at radius 3 is 2.30 bits per heavy atom. The standard InChI is InChI=1S/C15H20F2O3/c1-3-19-14-5-10-4-11(6-14)8-15(7-10,9-14)20-12(18)13(2,16)17/h3,10-11H,1,4-9H2,2H3. The number of halogens is 2. The van der Waals surface area contributed by atoms with Crippen LogP contribution >= 0.6 is 0 Å².